The van der Waals surface area contributed by atoms with E-state index < -0.39 is 10.0 Å². The van der Waals surface area contributed by atoms with Gasteiger partial charge in [0, 0.05) is 24.3 Å². The lowest BCUT2D eigenvalue weighted by Gasteiger charge is -2.17. The quantitative estimate of drug-likeness (QED) is 0.933. The summed E-state index contributed by atoms with van der Waals surface area (Å²) in [6.07, 6.45) is 0. The summed E-state index contributed by atoms with van der Waals surface area (Å²) in [6, 6.07) is 7.04. The minimum Gasteiger partial charge on any atom is -0.315 e. The number of nitrogens with zero attached hydrogens (tertiary/aromatic N) is 1. The van der Waals surface area contributed by atoms with Crippen molar-refractivity contribution in [3.63, 3.8) is 0 Å². The van der Waals surface area contributed by atoms with E-state index in [1.807, 2.05) is 0 Å². The third-order valence-electron chi connectivity index (χ3n) is 2.78. The molecule has 0 saturated heterocycles. The molecule has 1 aromatic heterocycles. The highest BCUT2D eigenvalue weighted by atomic mass is 35.5. The van der Waals surface area contributed by atoms with E-state index in [1.54, 1.807) is 31.2 Å². The molecule has 5 nitrogen and oxygen atoms in total. The van der Waals surface area contributed by atoms with Gasteiger partial charge in [0.2, 0.25) is 0 Å². The lowest BCUT2D eigenvalue weighted by molar-refractivity contribution is 0.468. The first-order valence-electron chi connectivity index (χ1n) is 5.72. The maximum Gasteiger partial charge on any atom is 0.305 e. The number of sulfonamides is 1. The SMILES string of the molecule is Cc1[nH]c(=O)sc1S(=O)(=O)N(C)Cc1ccccc1Cl. The van der Waals surface area contributed by atoms with Crippen LogP contribution in [0.1, 0.15) is 11.3 Å². The molecule has 0 amide bonds. The van der Waals surface area contributed by atoms with Crippen molar-refractivity contribution in [1.29, 1.82) is 0 Å². The molecule has 0 spiro atoms. The second-order valence-corrected chi connectivity index (χ2v) is 7.91. The lowest BCUT2D eigenvalue weighted by atomic mass is 10.2. The third kappa shape index (κ3) is 2.95. The molecule has 0 atom stereocenters. The Labute approximate surface area is 125 Å². The first-order valence-corrected chi connectivity index (χ1v) is 8.35. The van der Waals surface area contributed by atoms with Crippen LogP contribution in [0.4, 0.5) is 0 Å². The predicted molar refractivity (Wildman–Crippen MR) is 79.8 cm³/mol. The number of thiazole rings is 1. The van der Waals surface area contributed by atoms with Crippen LogP contribution in [-0.4, -0.2) is 24.8 Å². The van der Waals surface area contributed by atoms with Crippen LogP contribution in [0.5, 0.6) is 0 Å². The summed E-state index contributed by atoms with van der Waals surface area (Å²) in [7, 11) is -2.24. The van der Waals surface area contributed by atoms with Gasteiger partial charge in [0.05, 0.1) is 0 Å². The highest BCUT2D eigenvalue weighted by Crippen LogP contribution is 2.23. The number of halogens is 1. The summed E-state index contributed by atoms with van der Waals surface area (Å²) in [5.74, 6) is 0. The Kier molecular flexibility index (Phi) is 4.33. The predicted octanol–water partition coefficient (Wildman–Crippen LogP) is 2.22. The van der Waals surface area contributed by atoms with Crippen molar-refractivity contribution in [3.8, 4) is 0 Å². The molecular formula is C12H13ClN2O3S2. The van der Waals surface area contributed by atoms with E-state index in [-0.39, 0.29) is 15.6 Å². The van der Waals surface area contributed by atoms with Crippen molar-refractivity contribution in [1.82, 2.24) is 9.29 Å². The summed E-state index contributed by atoms with van der Waals surface area (Å²) < 4.78 is 26.1. The fraction of sp³-hybridized carbons (Fsp3) is 0.250. The number of benzene rings is 1. The standard InChI is InChI=1S/C12H13ClN2O3S2/c1-8-11(19-12(16)14-8)20(17,18)15(2)7-9-5-3-4-6-10(9)13/h3-6H,7H2,1-2H3,(H,14,16). The Hall–Kier alpha value is -1.15. The van der Waals surface area contributed by atoms with E-state index in [9.17, 15) is 13.2 Å². The summed E-state index contributed by atoms with van der Waals surface area (Å²) >= 11 is 6.72. The van der Waals surface area contributed by atoms with Gasteiger partial charge in [-0.2, -0.15) is 4.31 Å². The monoisotopic (exact) mass is 332 g/mol. The van der Waals surface area contributed by atoms with Crippen molar-refractivity contribution in [3.05, 3.63) is 50.2 Å². The van der Waals surface area contributed by atoms with Gasteiger partial charge in [-0.3, -0.25) is 4.79 Å². The molecule has 0 aliphatic rings. The van der Waals surface area contributed by atoms with Crippen molar-refractivity contribution < 1.29 is 8.42 Å². The molecule has 0 unspecified atom stereocenters. The minimum atomic E-state index is -3.70. The molecule has 0 aliphatic carbocycles. The maximum atomic E-state index is 12.4. The number of hydrogen-bond donors (Lipinski definition) is 1. The molecule has 8 heteroatoms. The van der Waals surface area contributed by atoms with E-state index >= 15 is 0 Å². The molecule has 2 aromatic rings. The second-order valence-electron chi connectivity index (χ2n) is 4.28. The number of aromatic amines is 1. The number of H-pyrrole nitrogens is 1. The molecular weight excluding hydrogens is 320 g/mol. The van der Waals surface area contributed by atoms with Crippen LogP contribution in [0.2, 0.25) is 5.02 Å². The average Bonchev–Trinajstić information content (AvgIpc) is 2.72. The average molecular weight is 333 g/mol. The van der Waals surface area contributed by atoms with Gasteiger partial charge in [-0.1, -0.05) is 41.1 Å². The normalized spacial score (nSPS) is 12.0. The maximum absolute atomic E-state index is 12.4. The molecule has 0 radical (unpaired) electrons. The Morgan fingerprint density at radius 1 is 1.35 bits per heavy atom. The molecule has 1 heterocycles. The van der Waals surface area contributed by atoms with Gasteiger partial charge < -0.3 is 4.98 Å². The second kappa shape index (κ2) is 5.69. The number of nitrogens with one attached hydrogen (secondary N) is 1. The molecule has 2 rings (SSSR count). The van der Waals surface area contributed by atoms with Crippen molar-refractivity contribution in [2.75, 3.05) is 7.05 Å². The molecule has 1 aromatic carbocycles. The summed E-state index contributed by atoms with van der Waals surface area (Å²) in [5, 5.41) is 0.508. The number of aryl methyl sites for hydroxylation is 1. The Bertz CT molecular complexity index is 780. The Morgan fingerprint density at radius 2 is 2.00 bits per heavy atom. The summed E-state index contributed by atoms with van der Waals surface area (Å²) in [5.41, 5.74) is 1.06. The van der Waals surface area contributed by atoms with Gasteiger partial charge in [0.25, 0.3) is 10.0 Å². The van der Waals surface area contributed by atoms with Crippen LogP contribution in [0.25, 0.3) is 0 Å². The summed E-state index contributed by atoms with van der Waals surface area (Å²) in [6.45, 7) is 1.71. The van der Waals surface area contributed by atoms with Crippen LogP contribution in [-0.2, 0) is 16.6 Å². The smallest absolute Gasteiger partial charge is 0.305 e. The van der Waals surface area contributed by atoms with Crippen molar-refractivity contribution >= 4 is 33.0 Å². The third-order valence-corrected chi connectivity index (χ3v) is 6.53. The largest absolute Gasteiger partial charge is 0.315 e. The van der Waals surface area contributed by atoms with E-state index in [4.69, 9.17) is 11.6 Å². The van der Waals surface area contributed by atoms with Crippen LogP contribution < -0.4 is 4.87 Å². The van der Waals surface area contributed by atoms with Crippen LogP contribution in [0, 0.1) is 6.92 Å². The molecule has 0 saturated carbocycles. The van der Waals surface area contributed by atoms with E-state index in [1.165, 1.54) is 11.4 Å². The van der Waals surface area contributed by atoms with Gasteiger partial charge in [-0.25, -0.2) is 8.42 Å². The van der Waals surface area contributed by atoms with Gasteiger partial charge in [0.15, 0.2) is 4.21 Å². The van der Waals surface area contributed by atoms with Crippen molar-refractivity contribution in [2.24, 2.45) is 0 Å². The first kappa shape index (κ1) is 15.2. The fourth-order valence-corrected chi connectivity index (χ4v) is 4.56. The van der Waals surface area contributed by atoms with Gasteiger partial charge in [-0.05, 0) is 18.6 Å². The summed E-state index contributed by atoms with van der Waals surface area (Å²) in [4.78, 5) is 13.3. The van der Waals surface area contributed by atoms with Gasteiger partial charge in [-0.15, -0.1) is 0 Å². The molecule has 0 bridgehead atoms. The molecule has 1 N–H and O–H groups in total. The minimum absolute atomic E-state index is 0.0389. The Morgan fingerprint density at radius 3 is 2.55 bits per heavy atom. The fourth-order valence-electron chi connectivity index (χ4n) is 1.73. The number of rotatable bonds is 4. The zero-order valence-corrected chi connectivity index (χ0v) is 13.3. The van der Waals surface area contributed by atoms with E-state index in [2.05, 4.69) is 4.98 Å². The molecule has 20 heavy (non-hydrogen) atoms. The van der Waals surface area contributed by atoms with Crippen molar-refractivity contribution in [2.45, 2.75) is 17.7 Å². The van der Waals surface area contributed by atoms with Crippen LogP contribution in [0.15, 0.2) is 33.3 Å². The highest BCUT2D eigenvalue weighted by Gasteiger charge is 2.26. The molecule has 108 valence electrons. The lowest BCUT2D eigenvalue weighted by Crippen LogP contribution is -2.26. The molecule has 0 fully saturated rings. The van der Waals surface area contributed by atoms with Crippen LogP contribution in [0.3, 0.4) is 0 Å². The molecule has 0 aliphatic heterocycles. The zero-order valence-electron chi connectivity index (χ0n) is 10.9. The van der Waals surface area contributed by atoms with E-state index in [0.29, 0.717) is 27.6 Å². The van der Waals surface area contributed by atoms with Gasteiger partial charge >= 0.3 is 4.87 Å². The topological polar surface area (TPSA) is 70.2 Å². The highest BCUT2D eigenvalue weighted by molar-refractivity contribution is 7.91. The van der Waals surface area contributed by atoms with Gasteiger partial charge in [0.1, 0.15) is 0 Å². The van der Waals surface area contributed by atoms with Crippen LogP contribution >= 0.6 is 22.9 Å². The van der Waals surface area contributed by atoms with E-state index in [0.717, 1.165) is 0 Å². The zero-order chi connectivity index (χ0) is 14.9. The number of hydrogen-bond acceptors (Lipinski definition) is 4. The first-order chi connectivity index (χ1) is 9.32. The Balaban J connectivity index is 2.33. The number of aromatic nitrogens is 1.